The van der Waals surface area contributed by atoms with Gasteiger partial charge in [0.05, 0.1) is 0 Å². The van der Waals surface area contributed by atoms with E-state index in [0.29, 0.717) is 43.6 Å². The van der Waals surface area contributed by atoms with E-state index in [2.05, 4.69) is 10.6 Å². The zero-order valence-electron chi connectivity index (χ0n) is 16.8. The number of hydrogen-bond acceptors (Lipinski definition) is 5. The van der Waals surface area contributed by atoms with Crippen LogP contribution in [0.15, 0.2) is 18.2 Å². The van der Waals surface area contributed by atoms with Crippen LogP contribution in [0.1, 0.15) is 66.4 Å². The highest BCUT2D eigenvalue weighted by atomic mass is 16.2. The average molecular weight is 399 g/mol. The summed E-state index contributed by atoms with van der Waals surface area (Å²) in [6.07, 6.45) is 7.02. The molecular formula is C22H30N4O3. The standard InChI is InChI=1S/C22H30N4O3/c23-11-18(15-4-2-1-3-5-15)24-12-14-6-7-16-13-26(22(29)17(16)10-14)19-8-9-20(27)25-21(19)28/h6-7,10,15,18-19,24H,1-5,8-9,11-13,23H2,(H,25,27,28)/t18-,19?/m1/s1. The number of piperidine rings is 1. The Morgan fingerprint density at radius 2 is 1.93 bits per heavy atom. The van der Waals surface area contributed by atoms with Gasteiger partial charge in [0.2, 0.25) is 11.8 Å². The minimum Gasteiger partial charge on any atom is -0.329 e. The number of nitrogens with one attached hydrogen (secondary N) is 2. The number of amides is 3. The second-order valence-corrected chi connectivity index (χ2v) is 8.51. The van der Waals surface area contributed by atoms with Gasteiger partial charge in [-0.3, -0.25) is 19.7 Å². The summed E-state index contributed by atoms with van der Waals surface area (Å²) < 4.78 is 0. The molecule has 0 bridgehead atoms. The molecule has 1 saturated heterocycles. The van der Waals surface area contributed by atoms with Gasteiger partial charge in [0.25, 0.3) is 5.91 Å². The molecule has 2 atom stereocenters. The van der Waals surface area contributed by atoms with Gasteiger partial charge in [0.1, 0.15) is 6.04 Å². The maximum Gasteiger partial charge on any atom is 0.255 e. The van der Waals surface area contributed by atoms with Crippen LogP contribution in [-0.4, -0.2) is 41.2 Å². The highest BCUT2D eigenvalue weighted by molar-refractivity contribution is 6.05. The Hall–Kier alpha value is -2.25. The summed E-state index contributed by atoms with van der Waals surface area (Å²) in [6, 6.07) is 5.70. The number of hydrogen-bond donors (Lipinski definition) is 3. The summed E-state index contributed by atoms with van der Waals surface area (Å²) in [5, 5.41) is 5.94. The summed E-state index contributed by atoms with van der Waals surface area (Å²) in [4.78, 5) is 38.1. The molecule has 3 amide bonds. The predicted molar refractivity (Wildman–Crippen MR) is 109 cm³/mol. The Morgan fingerprint density at radius 3 is 2.66 bits per heavy atom. The van der Waals surface area contributed by atoms with Gasteiger partial charge in [-0.25, -0.2) is 0 Å². The summed E-state index contributed by atoms with van der Waals surface area (Å²) in [5.41, 5.74) is 8.67. The monoisotopic (exact) mass is 398 g/mol. The lowest BCUT2D eigenvalue weighted by molar-refractivity contribution is -0.136. The third-order valence-corrected chi connectivity index (χ3v) is 6.63. The van der Waals surface area contributed by atoms with Gasteiger partial charge in [0, 0.05) is 37.7 Å². The highest BCUT2D eigenvalue weighted by Crippen LogP contribution is 2.29. The molecule has 2 fully saturated rings. The molecule has 0 spiro atoms. The van der Waals surface area contributed by atoms with Crippen LogP contribution in [0.25, 0.3) is 0 Å². The number of rotatable bonds is 6. The number of benzene rings is 1. The van der Waals surface area contributed by atoms with Crippen LogP contribution < -0.4 is 16.4 Å². The van der Waals surface area contributed by atoms with Crippen LogP contribution in [-0.2, 0) is 22.7 Å². The Bertz CT molecular complexity index is 803. The number of carbonyl (C=O) groups excluding carboxylic acids is 3. The van der Waals surface area contributed by atoms with Gasteiger partial charge < -0.3 is 16.0 Å². The SMILES string of the molecule is NC[C@@H](NCc1ccc2c(c1)C(=O)N(C1CCC(=O)NC1=O)C2)C1CCCCC1. The summed E-state index contributed by atoms with van der Waals surface area (Å²) in [6.45, 7) is 1.72. The minimum absolute atomic E-state index is 0.126. The van der Waals surface area contributed by atoms with Crippen molar-refractivity contribution in [1.82, 2.24) is 15.5 Å². The van der Waals surface area contributed by atoms with E-state index in [-0.39, 0.29) is 24.1 Å². The molecule has 7 heteroatoms. The fraction of sp³-hybridized carbons (Fsp3) is 0.591. The minimum atomic E-state index is -0.568. The summed E-state index contributed by atoms with van der Waals surface area (Å²) >= 11 is 0. The van der Waals surface area contributed by atoms with E-state index in [0.717, 1.165) is 11.1 Å². The third-order valence-electron chi connectivity index (χ3n) is 6.63. The maximum atomic E-state index is 12.9. The van der Waals surface area contributed by atoms with E-state index in [9.17, 15) is 14.4 Å². The van der Waals surface area contributed by atoms with Gasteiger partial charge in [-0.1, -0.05) is 31.4 Å². The van der Waals surface area contributed by atoms with Crippen molar-refractivity contribution in [3.63, 3.8) is 0 Å². The van der Waals surface area contributed by atoms with Crippen molar-refractivity contribution >= 4 is 17.7 Å². The van der Waals surface area contributed by atoms with Crippen molar-refractivity contribution in [1.29, 1.82) is 0 Å². The molecule has 7 nitrogen and oxygen atoms in total. The van der Waals surface area contributed by atoms with E-state index in [1.165, 1.54) is 32.1 Å². The first-order chi connectivity index (χ1) is 14.1. The largest absolute Gasteiger partial charge is 0.329 e. The molecule has 0 radical (unpaired) electrons. The second kappa shape index (κ2) is 8.63. The molecule has 2 aliphatic heterocycles. The van der Waals surface area contributed by atoms with Crippen molar-refractivity contribution < 1.29 is 14.4 Å². The lowest BCUT2D eigenvalue weighted by Crippen LogP contribution is -2.52. The van der Waals surface area contributed by atoms with Crippen molar-refractivity contribution in [2.24, 2.45) is 11.7 Å². The van der Waals surface area contributed by atoms with Crippen molar-refractivity contribution in [2.75, 3.05) is 6.54 Å². The van der Waals surface area contributed by atoms with Crippen LogP contribution >= 0.6 is 0 Å². The van der Waals surface area contributed by atoms with E-state index < -0.39 is 6.04 Å². The molecule has 1 unspecified atom stereocenters. The Labute approximate surface area is 171 Å². The number of imide groups is 1. The van der Waals surface area contributed by atoms with Gasteiger partial charge >= 0.3 is 0 Å². The smallest absolute Gasteiger partial charge is 0.255 e. The Kier molecular flexibility index (Phi) is 5.96. The van der Waals surface area contributed by atoms with Crippen LogP contribution in [0.2, 0.25) is 0 Å². The Morgan fingerprint density at radius 1 is 1.14 bits per heavy atom. The predicted octanol–water partition coefficient (Wildman–Crippen LogP) is 1.44. The van der Waals surface area contributed by atoms with Crippen molar-refractivity contribution in [3.8, 4) is 0 Å². The topological polar surface area (TPSA) is 105 Å². The van der Waals surface area contributed by atoms with Crippen LogP contribution in [0.4, 0.5) is 0 Å². The molecule has 29 heavy (non-hydrogen) atoms. The molecule has 1 aromatic carbocycles. The normalized spacial score (nSPS) is 23.8. The van der Waals surface area contributed by atoms with Crippen LogP contribution in [0.3, 0.4) is 0 Å². The van der Waals surface area contributed by atoms with E-state index in [4.69, 9.17) is 5.73 Å². The van der Waals surface area contributed by atoms with Crippen molar-refractivity contribution in [2.45, 2.75) is 70.1 Å². The number of nitrogens with zero attached hydrogens (tertiary/aromatic N) is 1. The van der Waals surface area contributed by atoms with E-state index in [1.54, 1.807) is 4.90 Å². The van der Waals surface area contributed by atoms with Gasteiger partial charge in [-0.2, -0.15) is 0 Å². The van der Waals surface area contributed by atoms with Crippen molar-refractivity contribution in [3.05, 3.63) is 34.9 Å². The van der Waals surface area contributed by atoms with Crippen LogP contribution in [0, 0.1) is 5.92 Å². The zero-order valence-corrected chi connectivity index (χ0v) is 16.8. The zero-order chi connectivity index (χ0) is 20.4. The molecule has 156 valence electrons. The first kappa shape index (κ1) is 20.0. The van der Waals surface area contributed by atoms with Gasteiger partial charge in [-0.05, 0) is 42.4 Å². The molecule has 0 aromatic heterocycles. The molecule has 2 heterocycles. The molecule has 4 N–H and O–H groups in total. The lowest BCUT2D eigenvalue weighted by Gasteiger charge is -2.30. The highest BCUT2D eigenvalue weighted by Gasteiger charge is 2.39. The third kappa shape index (κ3) is 4.21. The first-order valence-corrected chi connectivity index (χ1v) is 10.8. The van der Waals surface area contributed by atoms with Crippen LogP contribution in [0.5, 0.6) is 0 Å². The number of carbonyl (C=O) groups is 3. The van der Waals surface area contributed by atoms with E-state index >= 15 is 0 Å². The fourth-order valence-electron chi connectivity index (χ4n) is 4.94. The molecule has 1 aliphatic carbocycles. The van der Waals surface area contributed by atoms with Gasteiger partial charge in [-0.15, -0.1) is 0 Å². The molecule has 1 saturated carbocycles. The first-order valence-electron chi connectivity index (χ1n) is 10.8. The van der Waals surface area contributed by atoms with E-state index in [1.807, 2.05) is 18.2 Å². The molecule has 3 aliphatic rings. The maximum absolute atomic E-state index is 12.9. The Balaban J connectivity index is 1.41. The van der Waals surface area contributed by atoms with Gasteiger partial charge in [0.15, 0.2) is 0 Å². The fourth-order valence-corrected chi connectivity index (χ4v) is 4.94. The molecular weight excluding hydrogens is 368 g/mol. The lowest BCUT2D eigenvalue weighted by atomic mass is 9.84. The second-order valence-electron chi connectivity index (χ2n) is 8.51. The molecule has 1 aromatic rings. The average Bonchev–Trinajstić information content (AvgIpc) is 3.05. The number of nitrogens with two attached hydrogens (primary N) is 1. The quantitative estimate of drug-likeness (QED) is 0.629. The molecule has 4 rings (SSSR count). The summed E-state index contributed by atoms with van der Waals surface area (Å²) in [7, 11) is 0. The number of fused-ring (bicyclic) bond motifs is 1. The summed E-state index contributed by atoms with van der Waals surface area (Å²) in [5.74, 6) is -0.134.